The van der Waals surface area contributed by atoms with Crippen LogP contribution in [0.5, 0.6) is 0 Å². The van der Waals surface area contributed by atoms with Crippen molar-refractivity contribution in [2.45, 2.75) is 26.3 Å². The van der Waals surface area contributed by atoms with Crippen molar-refractivity contribution in [1.29, 1.82) is 0 Å². The molecule has 1 aromatic carbocycles. The highest BCUT2D eigenvalue weighted by atomic mass is 16.2. The van der Waals surface area contributed by atoms with E-state index >= 15 is 0 Å². The topological polar surface area (TPSA) is 32.1 Å². The third-order valence-corrected chi connectivity index (χ3v) is 2.86. The van der Waals surface area contributed by atoms with E-state index < -0.39 is 0 Å². The Hall–Kier alpha value is -1.64. The standard InChI is InChI=1S/C13H16N2O/c1-10(2)12-8-13(16)14-15(12)9-11-6-4-3-5-7-11/h3-7,9-10,12H,8H2,1-2H3/p+1/b15-9-/t12-/m0/s1. The minimum atomic E-state index is 0.103. The van der Waals surface area contributed by atoms with E-state index in [4.69, 9.17) is 0 Å². The van der Waals surface area contributed by atoms with Gasteiger partial charge in [0, 0.05) is 11.5 Å². The monoisotopic (exact) mass is 217 g/mol. The zero-order valence-electron chi connectivity index (χ0n) is 9.68. The van der Waals surface area contributed by atoms with Crippen molar-refractivity contribution in [3.63, 3.8) is 0 Å². The third kappa shape index (κ3) is 2.30. The predicted molar refractivity (Wildman–Crippen MR) is 63.3 cm³/mol. The molecule has 1 aliphatic heterocycles. The zero-order valence-corrected chi connectivity index (χ0v) is 9.68. The highest BCUT2D eigenvalue weighted by Gasteiger charge is 2.36. The smallest absolute Gasteiger partial charge is 0.269 e. The van der Waals surface area contributed by atoms with E-state index in [1.54, 1.807) is 0 Å². The van der Waals surface area contributed by atoms with Gasteiger partial charge in [-0.3, -0.25) is 4.79 Å². The molecular formula is C13H17N2O+. The second kappa shape index (κ2) is 4.47. The van der Waals surface area contributed by atoms with E-state index in [0.717, 1.165) is 5.56 Å². The lowest BCUT2D eigenvalue weighted by atomic mass is 10.0. The van der Waals surface area contributed by atoms with Crippen LogP contribution in [0.2, 0.25) is 0 Å². The molecule has 2 rings (SSSR count). The van der Waals surface area contributed by atoms with Crippen LogP contribution >= 0.6 is 0 Å². The maximum atomic E-state index is 11.4. The van der Waals surface area contributed by atoms with Crippen LogP contribution in [0.1, 0.15) is 25.8 Å². The van der Waals surface area contributed by atoms with E-state index in [1.165, 1.54) is 0 Å². The van der Waals surface area contributed by atoms with Gasteiger partial charge in [-0.15, -0.1) is 10.1 Å². The predicted octanol–water partition coefficient (Wildman–Crippen LogP) is 1.58. The minimum absolute atomic E-state index is 0.103. The Bertz CT molecular complexity index is 409. The fourth-order valence-corrected chi connectivity index (χ4v) is 1.95. The summed E-state index contributed by atoms with van der Waals surface area (Å²) in [5.41, 5.74) is 3.98. The lowest BCUT2D eigenvalue weighted by molar-refractivity contribution is -0.595. The van der Waals surface area contributed by atoms with Gasteiger partial charge in [0.15, 0.2) is 6.04 Å². The third-order valence-electron chi connectivity index (χ3n) is 2.86. The van der Waals surface area contributed by atoms with E-state index in [-0.39, 0.29) is 11.9 Å². The number of benzene rings is 1. The summed E-state index contributed by atoms with van der Waals surface area (Å²) in [6.07, 6.45) is 2.58. The van der Waals surface area contributed by atoms with Gasteiger partial charge in [-0.2, -0.15) is 0 Å². The van der Waals surface area contributed by atoms with Crippen LogP contribution in [0, 0.1) is 5.92 Å². The summed E-state index contributed by atoms with van der Waals surface area (Å²) >= 11 is 0. The fourth-order valence-electron chi connectivity index (χ4n) is 1.95. The molecular weight excluding hydrogens is 200 g/mol. The largest absolute Gasteiger partial charge is 0.281 e. The summed E-state index contributed by atoms with van der Waals surface area (Å²) in [5.74, 6) is 0.560. The van der Waals surface area contributed by atoms with Gasteiger partial charge in [0.25, 0.3) is 5.91 Å². The van der Waals surface area contributed by atoms with E-state index in [2.05, 4.69) is 19.3 Å². The van der Waals surface area contributed by atoms with Crippen LogP contribution in [-0.2, 0) is 4.79 Å². The number of hydrazone groups is 1. The van der Waals surface area contributed by atoms with E-state index in [0.29, 0.717) is 12.3 Å². The van der Waals surface area contributed by atoms with Gasteiger partial charge in [0.2, 0.25) is 6.21 Å². The van der Waals surface area contributed by atoms with Crippen LogP contribution in [0.4, 0.5) is 0 Å². The van der Waals surface area contributed by atoms with Gasteiger partial charge in [-0.05, 0) is 12.1 Å². The molecule has 0 unspecified atom stereocenters. The number of nitrogens with zero attached hydrogens (tertiary/aromatic N) is 1. The Labute approximate surface area is 95.8 Å². The number of amides is 1. The summed E-state index contributed by atoms with van der Waals surface area (Å²) in [5, 5.41) is 0. The highest BCUT2D eigenvalue weighted by molar-refractivity contribution is 5.80. The number of hydrogen-bond acceptors (Lipinski definition) is 1. The summed E-state index contributed by atoms with van der Waals surface area (Å²) < 4.78 is 1.93. The molecule has 16 heavy (non-hydrogen) atoms. The molecule has 3 nitrogen and oxygen atoms in total. The van der Waals surface area contributed by atoms with Gasteiger partial charge in [0.1, 0.15) is 0 Å². The zero-order chi connectivity index (χ0) is 11.5. The summed E-state index contributed by atoms with van der Waals surface area (Å²) in [6, 6.07) is 10.3. The summed E-state index contributed by atoms with van der Waals surface area (Å²) in [6.45, 7) is 4.27. The molecule has 0 radical (unpaired) electrons. The summed E-state index contributed by atoms with van der Waals surface area (Å²) in [7, 11) is 0. The van der Waals surface area contributed by atoms with Crippen LogP contribution in [0.3, 0.4) is 0 Å². The molecule has 0 aliphatic carbocycles. The first-order valence-electron chi connectivity index (χ1n) is 5.64. The molecule has 1 saturated heterocycles. The van der Waals surface area contributed by atoms with Gasteiger partial charge in [-0.1, -0.05) is 32.0 Å². The van der Waals surface area contributed by atoms with Gasteiger partial charge in [0.05, 0.1) is 6.42 Å². The molecule has 1 aromatic rings. The number of hydrogen-bond donors (Lipinski definition) is 1. The molecule has 3 heteroatoms. The molecule has 0 spiro atoms. The fraction of sp³-hybridized carbons (Fsp3) is 0.385. The van der Waals surface area contributed by atoms with Crippen LogP contribution in [0.25, 0.3) is 0 Å². The molecule has 1 amide bonds. The second-order valence-corrected chi connectivity index (χ2v) is 4.50. The second-order valence-electron chi connectivity index (χ2n) is 4.50. The first kappa shape index (κ1) is 10.9. The number of nitrogens with one attached hydrogen (secondary N) is 1. The Morgan fingerprint density at radius 3 is 2.69 bits per heavy atom. The maximum Gasteiger partial charge on any atom is 0.281 e. The van der Waals surface area contributed by atoms with Gasteiger partial charge >= 0.3 is 0 Å². The Morgan fingerprint density at radius 1 is 1.38 bits per heavy atom. The van der Waals surface area contributed by atoms with E-state index in [1.807, 2.05) is 41.2 Å². The van der Waals surface area contributed by atoms with Crippen molar-refractivity contribution in [3.8, 4) is 0 Å². The lowest BCUT2D eigenvalue weighted by Gasteiger charge is -2.07. The maximum absolute atomic E-state index is 11.4. The number of hydrazine groups is 1. The molecule has 0 aromatic heterocycles. The molecule has 0 saturated carbocycles. The Kier molecular flexibility index (Phi) is 3.04. The van der Waals surface area contributed by atoms with Crippen molar-refractivity contribution in [2.75, 3.05) is 0 Å². The van der Waals surface area contributed by atoms with Gasteiger partial charge < -0.3 is 0 Å². The molecule has 0 bridgehead atoms. The van der Waals surface area contributed by atoms with E-state index in [9.17, 15) is 4.79 Å². The lowest BCUT2D eigenvalue weighted by Crippen LogP contribution is -2.32. The summed E-state index contributed by atoms with van der Waals surface area (Å²) in [4.78, 5) is 11.4. The van der Waals surface area contributed by atoms with Crippen molar-refractivity contribution in [2.24, 2.45) is 5.92 Å². The quantitative estimate of drug-likeness (QED) is 0.749. The molecule has 84 valence electrons. The first-order valence-corrected chi connectivity index (χ1v) is 5.64. The molecule has 1 heterocycles. The number of rotatable bonds is 2. The average molecular weight is 217 g/mol. The molecule has 1 N–H and O–H groups in total. The normalized spacial score (nSPS) is 22.8. The molecule has 1 aliphatic rings. The van der Waals surface area contributed by atoms with Gasteiger partial charge in [-0.25, -0.2) is 0 Å². The Morgan fingerprint density at radius 2 is 2.06 bits per heavy atom. The Balaban J connectivity index is 2.26. The van der Waals surface area contributed by atoms with Crippen molar-refractivity contribution >= 4 is 12.1 Å². The first-order chi connectivity index (χ1) is 7.66. The minimum Gasteiger partial charge on any atom is -0.269 e. The van der Waals surface area contributed by atoms with Crippen LogP contribution in [-0.4, -0.2) is 22.8 Å². The van der Waals surface area contributed by atoms with Crippen LogP contribution in [0.15, 0.2) is 30.3 Å². The number of carbonyl (C=O) groups excluding carboxylic acids is 1. The SMILES string of the molecule is CC(C)[C@@H]1CC(=O)N/[N+]1=C\c1ccccc1. The van der Waals surface area contributed by atoms with Crippen molar-refractivity contribution in [1.82, 2.24) is 5.43 Å². The van der Waals surface area contributed by atoms with Crippen LogP contribution < -0.4 is 5.43 Å². The highest BCUT2D eigenvalue weighted by Crippen LogP contribution is 2.14. The molecule has 1 atom stereocenters. The average Bonchev–Trinajstić information content (AvgIpc) is 2.61. The van der Waals surface area contributed by atoms with Crippen molar-refractivity contribution < 1.29 is 9.48 Å². The molecule has 1 fully saturated rings. The van der Waals surface area contributed by atoms with Crippen molar-refractivity contribution in [3.05, 3.63) is 35.9 Å². The number of carbonyl (C=O) groups is 1.